The molecule has 4 nitrogen and oxygen atoms in total. The van der Waals surface area contributed by atoms with E-state index < -0.39 is 11.7 Å². The molecule has 0 aliphatic rings. The minimum atomic E-state index is -4.51. The van der Waals surface area contributed by atoms with Gasteiger partial charge in [-0.15, -0.1) is 5.10 Å². The van der Waals surface area contributed by atoms with E-state index in [-0.39, 0.29) is 11.5 Å². The first kappa shape index (κ1) is 14.5. The highest BCUT2D eigenvalue weighted by atomic mass is 35.5. The third kappa shape index (κ3) is 2.55. The Morgan fingerprint density at radius 1 is 0.955 bits per heavy atom. The van der Waals surface area contributed by atoms with Crippen molar-refractivity contribution in [3.05, 3.63) is 59.1 Å². The molecule has 0 amide bonds. The van der Waals surface area contributed by atoms with Crippen LogP contribution in [0.15, 0.2) is 48.5 Å². The van der Waals surface area contributed by atoms with Gasteiger partial charge < -0.3 is 0 Å². The summed E-state index contributed by atoms with van der Waals surface area (Å²) in [5, 5.41) is 11.3. The molecule has 3 aromatic rings. The first-order valence-electron chi connectivity index (χ1n) is 6.18. The van der Waals surface area contributed by atoms with Gasteiger partial charge in [0.25, 0.3) is 0 Å². The van der Waals surface area contributed by atoms with Gasteiger partial charge in [-0.05, 0) is 34.7 Å². The van der Waals surface area contributed by atoms with Crippen LogP contribution in [0.4, 0.5) is 13.2 Å². The molecule has 1 aromatic heterocycles. The predicted molar refractivity (Wildman–Crippen MR) is 74.6 cm³/mol. The third-order valence-corrected chi connectivity index (χ3v) is 3.35. The number of rotatable bonds is 2. The van der Waals surface area contributed by atoms with Crippen molar-refractivity contribution < 1.29 is 13.2 Å². The second-order valence-electron chi connectivity index (χ2n) is 4.41. The lowest BCUT2D eigenvalue weighted by molar-refractivity contribution is -0.137. The summed E-state index contributed by atoms with van der Waals surface area (Å²) >= 11 is 6.07. The van der Waals surface area contributed by atoms with Gasteiger partial charge >= 0.3 is 6.18 Å². The van der Waals surface area contributed by atoms with Gasteiger partial charge in [0.1, 0.15) is 0 Å². The lowest BCUT2D eigenvalue weighted by atomic mass is 10.1. The molecule has 0 N–H and O–H groups in total. The molecule has 0 saturated carbocycles. The normalized spacial score (nSPS) is 11.6. The zero-order valence-electron chi connectivity index (χ0n) is 10.9. The predicted octanol–water partition coefficient (Wildman–Crippen LogP) is 4.00. The Morgan fingerprint density at radius 3 is 2.36 bits per heavy atom. The molecule has 0 atom stereocenters. The van der Waals surface area contributed by atoms with Gasteiger partial charge in [0.05, 0.1) is 16.3 Å². The largest absolute Gasteiger partial charge is 0.418 e. The van der Waals surface area contributed by atoms with Crippen molar-refractivity contribution in [1.29, 1.82) is 0 Å². The number of hydrogen-bond donors (Lipinski definition) is 0. The van der Waals surface area contributed by atoms with Crippen molar-refractivity contribution >= 4 is 11.6 Å². The molecule has 22 heavy (non-hydrogen) atoms. The topological polar surface area (TPSA) is 43.6 Å². The number of hydrogen-bond acceptors (Lipinski definition) is 3. The highest BCUT2D eigenvalue weighted by Gasteiger charge is 2.34. The molecule has 0 aliphatic carbocycles. The Bertz CT molecular complexity index is 814. The zero-order chi connectivity index (χ0) is 15.7. The molecule has 2 aromatic carbocycles. The maximum atomic E-state index is 13.1. The third-order valence-electron chi connectivity index (χ3n) is 3.02. The smallest absolute Gasteiger partial charge is 0.192 e. The summed E-state index contributed by atoms with van der Waals surface area (Å²) in [7, 11) is 0. The van der Waals surface area contributed by atoms with Gasteiger partial charge in [-0.1, -0.05) is 35.9 Å². The summed E-state index contributed by atoms with van der Waals surface area (Å²) in [6.07, 6.45) is -4.51. The molecule has 0 spiro atoms. The standard InChI is InChI=1S/C14H8ClF3N4/c15-11-7-3-1-5-9(11)13-19-20-21-22(13)12-8-4-2-6-10(12)14(16,17)18/h1-8H. The molecular weight excluding hydrogens is 317 g/mol. The van der Waals surface area contributed by atoms with Crippen LogP contribution in [0.25, 0.3) is 17.1 Å². The Balaban J connectivity index is 2.21. The summed E-state index contributed by atoms with van der Waals surface area (Å²) in [4.78, 5) is 0. The molecule has 0 fully saturated rings. The van der Waals surface area contributed by atoms with Crippen molar-refractivity contribution in [3.63, 3.8) is 0 Å². The van der Waals surface area contributed by atoms with Crippen molar-refractivity contribution in [2.24, 2.45) is 0 Å². The maximum absolute atomic E-state index is 13.1. The van der Waals surface area contributed by atoms with E-state index in [1.807, 2.05) is 0 Å². The quantitative estimate of drug-likeness (QED) is 0.715. The van der Waals surface area contributed by atoms with Gasteiger partial charge in [-0.25, -0.2) is 0 Å². The van der Waals surface area contributed by atoms with Crippen molar-refractivity contribution in [2.75, 3.05) is 0 Å². The van der Waals surface area contributed by atoms with Crippen molar-refractivity contribution in [3.8, 4) is 17.1 Å². The van der Waals surface area contributed by atoms with Gasteiger partial charge in [-0.2, -0.15) is 17.9 Å². The van der Waals surface area contributed by atoms with Crippen LogP contribution in [0.3, 0.4) is 0 Å². The number of nitrogens with zero attached hydrogens (tertiary/aromatic N) is 4. The summed E-state index contributed by atoms with van der Waals surface area (Å²) < 4.78 is 40.5. The van der Waals surface area contributed by atoms with Crippen LogP contribution in [0, 0.1) is 0 Å². The zero-order valence-corrected chi connectivity index (χ0v) is 11.7. The van der Waals surface area contributed by atoms with E-state index in [0.717, 1.165) is 10.7 Å². The van der Waals surface area contributed by atoms with Crippen LogP contribution in [-0.2, 0) is 6.18 Å². The summed E-state index contributed by atoms with van der Waals surface area (Å²) in [5.74, 6) is 0.141. The first-order chi connectivity index (χ1) is 10.5. The number of halogens is 4. The molecule has 0 radical (unpaired) electrons. The number of aromatic nitrogens is 4. The summed E-state index contributed by atoms with van der Waals surface area (Å²) in [6.45, 7) is 0. The average molecular weight is 325 g/mol. The Hall–Kier alpha value is -2.41. The van der Waals surface area contributed by atoms with Gasteiger partial charge in [0.15, 0.2) is 5.82 Å². The van der Waals surface area contributed by atoms with Crippen LogP contribution in [-0.4, -0.2) is 20.2 Å². The van der Waals surface area contributed by atoms with Crippen LogP contribution in [0.1, 0.15) is 5.56 Å². The number of tetrazole rings is 1. The Morgan fingerprint density at radius 2 is 1.64 bits per heavy atom. The average Bonchev–Trinajstić information content (AvgIpc) is 2.96. The lowest BCUT2D eigenvalue weighted by Gasteiger charge is -2.13. The molecule has 0 saturated heterocycles. The van der Waals surface area contributed by atoms with E-state index in [1.54, 1.807) is 24.3 Å². The Kier molecular flexibility index (Phi) is 3.58. The van der Waals surface area contributed by atoms with Crippen LogP contribution in [0.5, 0.6) is 0 Å². The maximum Gasteiger partial charge on any atom is 0.418 e. The Labute approximate surface area is 128 Å². The molecule has 8 heteroatoms. The fourth-order valence-electron chi connectivity index (χ4n) is 2.06. The van der Waals surface area contributed by atoms with Gasteiger partial charge in [-0.3, -0.25) is 0 Å². The second-order valence-corrected chi connectivity index (χ2v) is 4.82. The highest BCUT2D eigenvalue weighted by Crippen LogP contribution is 2.35. The molecular formula is C14H8ClF3N4. The first-order valence-corrected chi connectivity index (χ1v) is 6.56. The van der Waals surface area contributed by atoms with E-state index in [0.29, 0.717) is 10.6 Å². The van der Waals surface area contributed by atoms with Crippen LogP contribution < -0.4 is 0 Å². The summed E-state index contributed by atoms with van der Waals surface area (Å²) in [5.41, 5.74) is -0.531. The van der Waals surface area contributed by atoms with Gasteiger partial charge in [0, 0.05) is 5.56 Å². The fourth-order valence-corrected chi connectivity index (χ4v) is 2.28. The number of para-hydroxylation sites is 1. The van der Waals surface area contributed by atoms with Crippen LogP contribution in [0.2, 0.25) is 5.02 Å². The monoisotopic (exact) mass is 324 g/mol. The fraction of sp³-hybridized carbons (Fsp3) is 0.0714. The molecule has 112 valence electrons. The van der Waals surface area contributed by atoms with E-state index in [9.17, 15) is 13.2 Å². The van der Waals surface area contributed by atoms with E-state index >= 15 is 0 Å². The highest BCUT2D eigenvalue weighted by molar-refractivity contribution is 6.33. The van der Waals surface area contributed by atoms with Gasteiger partial charge in [0.2, 0.25) is 0 Å². The number of benzene rings is 2. The SMILES string of the molecule is FC(F)(F)c1ccccc1-n1nnnc1-c1ccccc1Cl. The molecule has 0 unspecified atom stereocenters. The molecule has 0 bridgehead atoms. The van der Waals surface area contributed by atoms with E-state index in [4.69, 9.17) is 11.6 Å². The summed E-state index contributed by atoms with van der Waals surface area (Å²) in [6, 6.07) is 11.8. The molecule has 1 heterocycles. The minimum absolute atomic E-state index is 0.141. The minimum Gasteiger partial charge on any atom is -0.192 e. The van der Waals surface area contributed by atoms with Crippen molar-refractivity contribution in [2.45, 2.75) is 6.18 Å². The lowest BCUT2D eigenvalue weighted by Crippen LogP contribution is -2.12. The molecule has 0 aliphatic heterocycles. The van der Waals surface area contributed by atoms with Crippen molar-refractivity contribution in [1.82, 2.24) is 20.2 Å². The van der Waals surface area contributed by atoms with E-state index in [1.165, 1.54) is 18.2 Å². The van der Waals surface area contributed by atoms with E-state index in [2.05, 4.69) is 15.5 Å². The van der Waals surface area contributed by atoms with Crippen LogP contribution >= 0.6 is 11.6 Å². The number of alkyl halides is 3. The molecule has 3 rings (SSSR count). The second kappa shape index (κ2) is 5.42.